The van der Waals surface area contributed by atoms with Crippen molar-refractivity contribution in [2.45, 2.75) is 25.7 Å². The summed E-state index contributed by atoms with van der Waals surface area (Å²) in [7, 11) is 0. The largest absolute Gasteiger partial charge is 0.449 e. The molecule has 5 heteroatoms. The first kappa shape index (κ1) is 11.7. The molecular formula is C13H19N3O2. The summed E-state index contributed by atoms with van der Waals surface area (Å²) in [6.45, 7) is 4.50. The molecule has 0 aliphatic carbocycles. The van der Waals surface area contributed by atoms with Crippen molar-refractivity contribution < 1.29 is 9.15 Å². The lowest BCUT2D eigenvalue weighted by Gasteiger charge is -2.31. The van der Waals surface area contributed by atoms with Crippen LogP contribution >= 0.6 is 0 Å². The van der Waals surface area contributed by atoms with E-state index in [1.807, 2.05) is 19.4 Å². The average Bonchev–Trinajstić information content (AvgIpc) is 3.04. The second-order valence-electron chi connectivity index (χ2n) is 5.07. The van der Waals surface area contributed by atoms with E-state index in [9.17, 15) is 0 Å². The Bertz CT molecular complexity index is 424. The van der Waals surface area contributed by atoms with Gasteiger partial charge in [0.25, 0.3) is 0 Å². The van der Waals surface area contributed by atoms with Crippen molar-refractivity contribution in [3.63, 3.8) is 0 Å². The van der Waals surface area contributed by atoms with Gasteiger partial charge in [-0.3, -0.25) is 0 Å². The van der Waals surface area contributed by atoms with Crippen LogP contribution in [0.5, 0.6) is 0 Å². The Labute approximate surface area is 107 Å². The number of ether oxygens (including phenoxy) is 1. The van der Waals surface area contributed by atoms with E-state index >= 15 is 0 Å². The molecule has 1 saturated heterocycles. The first-order valence-corrected chi connectivity index (χ1v) is 6.60. The standard InChI is InChI=1S/C13H19N3O2/c1-9-16-12(8-18-9)13(11-6-14-15-7-11)10-2-4-17-5-3-10/h6,8,10-11,13,15H,2-5,7H2,1H3. The predicted molar refractivity (Wildman–Crippen MR) is 67.5 cm³/mol. The van der Waals surface area contributed by atoms with Crippen LogP contribution in [0.1, 0.15) is 30.3 Å². The van der Waals surface area contributed by atoms with E-state index < -0.39 is 0 Å². The molecule has 2 aliphatic heterocycles. The van der Waals surface area contributed by atoms with Gasteiger partial charge >= 0.3 is 0 Å². The highest BCUT2D eigenvalue weighted by molar-refractivity contribution is 5.64. The van der Waals surface area contributed by atoms with Crippen LogP contribution in [0.3, 0.4) is 0 Å². The molecule has 0 bridgehead atoms. The van der Waals surface area contributed by atoms with E-state index in [-0.39, 0.29) is 0 Å². The van der Waals surface area contributed by atoms with Crippen molar-refractivity contribution in [3.05, 3.63) is 17.8 Å². The Kier molecular flexibility index (Phi) is 3.32. The third-order valence-corrected chi connectivity index (χ3v) is 3.90. The SMILES string of the molecule is Cc1nc(C(C2C=NNC2)C2CCOCC2)co1. The molecule has 2 aliphatic rings. The summed E-state index contributed by atoms with van der Waals surface area (Å²) in [4.78, 5) is 4.53. The van der Waals surface area contributed by atoms with Gasteiger partial charge in [-0.1, -0.05) is 0 Å². The van der Waals surface area contributed by atoms with E-state index in [0.29, 0.717) is 17.8 Å². The van der Waals surface area contributed by atoms with Gasteiger partial charge in [0, 0.05) is 44.7 Å². The fourth-order valence-corrected chi connectivity index (χ4v) is 3.00. The zero-order valence-corrected chi connectivity index (χ0v) is 10.6. The number of nitrogens with one attached hydrogen (secondary N) is 1. The molecule has 1 aromatic heterocycles. The highest BCUT2D eigenvalue weighted by Crippen LogP contribution is 2.37. The molecule has 2 atom stereocenters. The van der Waals surface area contributed by atoms with Crippen LogP contribution in [-0.2, 0) is 4.74 Å². The van der Waals surface area contributed by atoms with Crippen molar-refractivity contribution >= 4 is 6.21 Å². The summed E-state index contributed by atoms with van der Waals surface area (Å²) in [6.07, 6.45) is 6.02. The summed E-state index contributed by atoms with van der Waals surface area (Å²) in [5, 5.41) is 4.15. The van der Waals surface area contributed by atoms with Crippen LogP contribution in [0.15, 0.2) is 15.8 Å². The first-order valence-electron chi connectivity index (χ1n) is 6.60. The minimum Gasteiger partial charge on any atom is -0.449 e. The number of aryl methyl sites for hydroxylation is 1. The fraction of sp³-hybridized carbons (Fsp3) is 0.692. The maximum absolute atomic E-state index is 5.46. The molecule has 1 fully saturated rings. The topological polar surface area (TPSA) is 59.7 Å². The Morgan fingerprint density at radius 2 is 2.22 bits per heavy atom. The predicted octanol–water partition coefficient (Wildman–Crippen LogP) is 1.70. The molecule has 3 rings (SSSR count). The summed E-state index contributed by atoms with van der Waals surface area (Å²) < 4.78 is 10.8. The van der Waals surface area contributed by atoms with E-state index in [0.717, 1.165) is 44.2 Å². The number of hydrogen-bond donors (Lipinski definition) is 1. The van der Waals surface area contributed by atoms with Gasteiger partial charge in [-0.05, 0) is 18.8 Å². The van der Waals surface area contributed by atoms with Gasteiger partial charge in [0.1, 0.15) is 6.26 Å². The van der Waals surface area contributed by atoms with Crippen LogP contribution < -0.4 is 5.43 Å². The molecular weight excluding hydrogens is 230 g/mol. The fourth-order valence-electron chi connectivity index (χ4n) is 3.00. The van der Waals surface area contributed by atoms with E-state index in [4.69, 9.17) is 9.15 Å². The van der Waals surface area contributed by atoms with Gasteiger partial charge < -0.3 is 14.6 Å². The van der Waals surface area contributed by atoms with Crippen molar-refractivity contribution in [1.82, 2.24) is 10.4 Å². The molecule has 0 saturated carbocycles. The second-order valence-corrected chi connectivity index (χ2v) is 5.07. The molecule has 18 heavy (non-hydrogen) atoms. The van der Waals surface area contributed by atoms with E-state index in [1.165, 1.54) is 0 Å². The molecule has 2 unspecified atom stereocenters. The number of aromatic nitrogens is 1. The van der Waals surface area contributed by atoms with Gasteiger partial charge in [0.15, 0.2) is 5.89 Å². The normalized spacial score (nSPS) is 26.2. The average molecular weight is 249 g/mol. The van der Waals surface area contributed by atoms with Gasteiger partial charge in [-0.15, -0.1) is 0 Å². The minimum absolute atomic E-state index is 0.394. The summed E-state index contributed by atoms with van der Waals surface area (Å²) in [6, 6.07) is 0. The van der Waals surface area contributed by atoms with Crippen LogP contribution in [0, 0.1) is 18.8 Å². The second kappa shape index (κ2) is 5.10. The monoisotopic (exact) mass is 249 g/mol. The third kappa shape index (κ3) is 2.27. The van der Waals surface area contributed by atoms with Crippen LogP contribution in [0.25, 0.3) is 0 Å². The Balaban J connectivity index is 1.84. The third-order valence-electron chi connectivity index (χ3n) is 3.90. The summed E-state index contributed by atoms with van der Waals surface area (Å²) >= 11 is 0. The minimum atomic E-state index is 0.394. The molecule has 5 nitrogen and oxygen atoms in total. The van der Waals surface area contributed by atoms with Crippen LogP contribution in [-0.4, -0.2) is 31.0 Å². The highest BCUT2D eigenvalue weighted by atomic mass is 16.5. The maximum Gasteiger partial charge on any atom is 0.191 e. The molecule has 0 aromatic carbocycles. The summed E-state index contributed by atoms with van der Waals surface area (Å²) in [5.74, 6) is 2.16. The van der Waals surface area contributed by atoms with Crippen LogP contribution in [0.2, 0.25) is 0 Å². The van der Waals surface area contributed by atoms with Gasteiger partial charge in [0.05, 0.1) is 5.69 Å². The zero-order chi connectivity index (χ0) is 12.4. The van der Waals surface area contributed by atoms with Crippen molar-refractivity contribution in [3.8, 4) is 0 Å². The number of rotatable bonds is 3. The molecule has 3 heterocycles. The first-order chi connectivity index (χ1) is 8.84. The van der Waals surface area contributed by atoms with Gasteiger partial charge in [0.2, 0.25) is 0 Å². The molecule has 0 radical (unpaired) electrons. The lowest BCUT2D eigenvalue weighted by molar-refractivity contribution is 0.0538. The lowest BCUT2D eigenvalue weighted by Crippen LogP contribution is -2.30. The highest BCUT2D eigenvalue weighted by Gasteiger charge is 2.34. The van der Waals surface area contributed by atoms with Crippen molar-refractivity contribution in [2.24, 2.45) is 16.9 Å². The molecule has 0 amide bonds. The molecule has 98 valence electrons. The van der Waals surface area contributed by atoms with Gasteiger partial charge in [-0.25, -0.2) is 4.98 Å². The molecule has 0 spiro atoms. The van der Waals surface area contributed by atoms with E-state index in [2.05, 4.69) is 15.5 Å². The molecule has 1 N–H and O–H groups in total. The Morgan fingerprint density at radius 3 is 2.83 bits per heavy atom. The number of hydrogen-bond acceptors (Lipinski definition) is 5. The quantitative estimate of drug-likeness (QED) is 0.885. The number of oxazole rings is 1. The molecule has 1 aromatic rings. The van der Waals surface area contributed by atoms with Crippen molar-refractivity contribution in [2.75, 3.05) is 19.8 Å². The smallest absolute Gasteiger partial charge is 0.191 e. The Hall–Kier alpha value is -1.36. The zero-order valence-electron chi connectivity index (χ0n) is 10.6. The van der Waals surface area contributed by atoms with Gasteiger partial charge in [-0.2, -0.15) is 5.10 Å². The summed E-state index contributed by atoms with van der Waals surface area (Å²) in [5.41, 5.74) is 4.12. The maximum atomic E-state index is 5.46. The number of nitrogens with zero attached hydrogens (tertiary/aromatic N) is 2. The number of hydrazone groups is 1. The van der Waals surface area contributed by atoms with E-state index in [1.54, 1.807) is 0 Å². The lowest BCUT2D eigenvalue weighted by atomic mass is 9.76. The van der Waals surface area contributed by atoms with Crippen LogP contribution in [0.4, 0.5) is 0 Å². The van der Waals surface area contributed by atoms with Crippen molar-refractivity contribution in [1.29, 1.82) is 0 Å². The Morgan fingerprint density at radius 1 is 1.39 bits per heavy atom.